The smallest absolute Gasteiger partial charge is 0.242 e. The minimum atomic E-state index is -3.67. The summed E-state index contributed by atoms with van der Waals surface area (Å²) >= 11 is 7.45. The van der Waals surface area contributed by atoms with Crippen molar-refractivity contribution in [1.82, 2.24) is 9.71 Å². The molecule has 0 radical (unpaired) electrons. The third kappa shape index (κ3) is 3.72. The zero-order valence-electron chi connectivity index (χ0n) is 11.5. The number of hydrazine groups is 1. The molecule has 2 heterocycles. The summed E-state index contributed by atoms with van der Waals surface area (Å²) in [6, 6.07) is 3.27. The highest BCUT2D eigenvalue weighted by molar-refractivity contribution is 7.89. The lowest BCUT2D eigenvalue weighted by Crippen LogP contribution is -2.23. The van der Waals surface area contributed by atoms with Crippen LogP contribution >= 0.6 is 22.9 Å². The van der Waals surface area contributed by atoms with Gasteiger partial charge in [-0.3, -0.25) is 0 Å². The van der Waals surface area contributed by atoms with Gasteiger partial charge in [0.05, 0.1) is 5.02 Å². The molecule has 2 rings (SSSR count). The number of hydrogen-bond acceptors (Lipinski definition) is 6. The molecule has 0 unspecified atom stereocenters. The summed E-state index contributed by atoms with van der Waals surface area (Å²) in [5, 5.41) is 0.142. The van der Waals surface area contributed by atoms with Crippen LogP contribution in [0.5, 0.6) is 0 Å². The molecule has 0 fully saturated rings. The summed E-state index contributed by atoms with van der Waals surface area (Å²) in [4.78, 5) is 5.97. The van der Waals surface area contributed by atoms with E-state index < -0.39 is 10.0 Å². The summed E-state index contributed by atoms with van der Waals surface area (Å²) in [6.45, 7) is 4.22. The zero-order chi connectivity index (χ0) is 15.6. The Kier molecular flexibility index (Phi) is 4.84. The maximum Gasteiger partial charge on any atom is 0.242 e. The molecular formula is C12H15ClN4O2S2. The van der Waals surface area contributed by atoms with Gasteiger partial charge in [-0.05, 0) is 31.5 Å². The monoisotopic (exact) mass is 346 g/mol. The zero-order valence-corrected chi connectivity index (χ0v) is 13.9. The number of nitrogen functional groups attached to an aromatic ring is 1. The first kappa shape index (κ1) is 16.2. The summed E-state index contributed by atoms with van der Waals surface area (Å²) in [5.41, 5.74) is 3.43. The van der Waals surface area contributed by atoms with Crippen LogP contribution in [0.15, 0.2) is 23.2 Å². The number of sulfonamides is 1. The predicted molar refractivity (Wildman–Crippen MR) is 84.9 cm³/mol. The fourth-order valence-electron chi connectivity index (χ4n) is 1.66. The molecule has 6 nitrogen and oxygen atoms in total. The van der Waals surface area contributed by atoms with Crippen molar-refractivity contribution in [2.45, 2.75) is 25.3 Å². The van der Waals surface area contributed by atoms with Crippen molar-refractivity contribution in [3.63, 3.8) is 0 Å². The lowest BCUT2D eigenvalue weighted by Gasteiger charge is -2.07. The number of rotatable bonds is 5. The van der Waals surface area contributed by atoms with Crippen molar-refractivity contribution in [3.8, 4) is 0 Å². The molecule has 9 heteroatoms. The molecule has 0 saturated carbocycles. The van der Waals surface area contributed by atoms with Crippen LogP contribution < -0.4 is 16.0 Å². The molecule has 2 aromatic rings. The molecule has 0 bridgehead atoms. The molecule has 0 saturated heterocycles. The van der Waals surface area contributed by atoms with Crippen molar-refractivity contribution in [2.24, 2.45) is 5.84 Å². The van der Waals surface area contributed by atoms with E-state index in [1.807, 2.05) is 19.9 Å². The molecule has 0 aliphatic carbocycles. The number of aromatic nitrogens is 1. The second-order valence-corrected chi connectivity index (χ2v) is 7.94. The van der Waals surface area contributed by atoms with Gasteiger partial charge in [0.2, 0.25) is 10.0 Å². The van der Waals surface area contributed by atoms with E-state index in [0.29, 0.717) is 0 Å². The quantitative estimate of drug-likeness (QED) is 0.569. The molecule has 21 heavy (non-hydrogen) atoms. The maximum atomic E-state index is 12.2. The van der Waals surface area contributed by atoms with Gasteiger partial charge in [-0.1, -0.05) is 11.6 Å². The van der Waals surface area contributed by atoms with Gasteiger partial charge in [0.1, 0.15) is 4.90 Å². The Morgan fingerprint density at radius 2 is 2.10 bits per heavy atom. The molecule has 4 N–H and O–H groups in total. The van der Waals surface area contributed by atoms with Gasteiger partial charge in [-0.15, -0.1) is 11.3 Å². The number of hydrogen-bond donors (Lipinski definition) is 3. The highest BCUT2D eigenvalue weighted by atomic mass is 35.5. The van der Waals surface area contributed by atoms with Crippen molar-refractivity contribution < 1.29 is 8.42 Å². The van der Waals surface area contributed by atoms with Crippen molar-refractivity contribution >= 4 is 38.8 Å². The predicted octanol–water partition coefficient (Wildman–Crippen LogP) is 2.18. The normalized spacial score (nSPS) is 11.6. The molecule has 0 aromatic carbocycles. The van der Waals surface area contributed by atoms with Gasteiger partial charge in [0, 0.05) is 22.5 Å². The van der Waals surface area contributed by atoms with E-state index >= 15 is 0 Å². The number of aryl methyl sites for hydroxylation is 2. The van der Waals surface area contributed by atoms with Crippen LogP contribution in [0.4, 0.5) is 5.82 Å². The van der Waals surface area contributed by atoms with E-state index in [-0.39, 0.29) is 22.3 Å². The number of pyridine rings is 1. The van der Waals surface area contributed by atoms with Gasteiger partial charge in [0.15, 0.2) is 5.82 Å². The van der Waals surface area contributed by atoms with Gasteiger partial charge in [0.25, 0.3) is 0 Å². The molecular weight excluding hydrogens is 332 g/mol. The fraction of sp³-hybridized carbons (Fsp3) is 0.250. The SMILES string of the molecule is Cc1cc(CNS(=O)(=O)c2cnc(NN)c(Cl)c2)sc1C. The average molecular weight is 347 g/mol. The van der Waals surface area contributed by atoms with Crippen LogP contribution in [0, 0.1) is 13.8 Å². The van der Waals surface area contributed by atoms with Crippen LogP contribution in [0.1, 0.15) is 15.3 Å². The van der Waals surface area contributed by atoms with Crippen LogP contribution in [0.2, 0.25) is 5.02 Å². The summed E-state index contributed by atoms with van der Waals surface area (Å²) < 4.78 is 26.9. The van der Waals surface area contributed by atoms with Crippen LogP contribution in [0.25, 0.3) is 0 Å². The van der Waals surface area contributed by atoms with E-state index in [1.54, 1.807) is 11.3 Å². The van der Waals surface area contributed by atoms with Crippen LogP contribution in [-0.4, -0.2) is 13.4 Å². The fourth-order valence-corrected chi connectivity index (χ4v) is 4.01. The molecule has 0 aliphatic heterocycles. The third-order valence-electron chi connectivity index (χ3n) is 2.92. The average Bonchev–Trinajstić information content (AvgIpc) is 2.76. The van der Waals surface area contributed by atoms with Crippen molar-refractivity contribution in [1.29, 1.82) is 0 Å². The highest BCUT2D eigenvalue weighted by Gasteiger charge is 2.17. The number of nitrogens with zero attached hydrogens (tertiary/aromatic N) is 1. The first-order chi connectivity index (χ1) is 9.83. The highest BCUT2D eigenvalue weighted by Crippen LogP contribution is 2.23. The molecule has 114 valence electrons. The van der Waals surface area contributed by atoms with E-state index in [0.717, 1.165) is 10.4 Å². The second-order valence-electron chi connectivity index (χ2n) is 4.42. The van der Waals surface area contributed by atoms with Gasteiger partial charge in [-0.2, -0.15) is 0 Å². The Morgan fingerprint density at radius 1 is 1.38 bits per heavy atom. The van der Waals surface area contributed by atoms with Crippen LogP contribution in [0.3, 0.4) is 0 Å². The Morgan fingerprint density at radius 3 is 2.62 bits per heavy atom. The standard InChI is InChI=1S/C12H15ClN4O2S2/c1-7-3-9(20-8(7)2)5-16-21(18,19)10-4-11(13)12(17-14)15-6-10/h3-4,6,16H,5,14H2,1-2H3,(H,15,17). The third-order valence-corrected chi connectivity index (χ3v) is 5.73. The molecule has 2 aromatic heterocycles. The maximum absolute atomic E-state index is 12.2. The lowest BCUT2D eigenvalue weighted by atomic mass is 10.3. The Balaban J connectivity index is 2.16. The minimum absolute atomic E-state index is 0.00324. The number of anilines is 1. The first-order valence-electron chi connectivity index (χ1n) is 6.01. The van der Waals surface area contributed by atoms with Gasteiger partial charge in [-0.25, -0.2) is 24.0 Å². The van der Waals surface area contributed by atoms with Gasteiger partial charge >= 0.3 is 0 Å². The second kappa shape index (κ2) is 6.29. The van der Waals surface area contributed by atoms with E-state index in [9.17, 15) is 8.42 Å². The van der Waals surface area contributed by atoms with Crippen molar-refractivity contribution in [3.05, 3.63) is 38.7 Å². The van der Waals surface area contributed by atoms with Gasteiger partial charge < -0.3 is 5.43 Å². The topological polar surface area (TPSA) is 97.1 Å². The van der Waals surface area contributed by atoms with E-state index in [2.05, 4.69) is 15.1 Å². The lowest BCUT2D eigenvalue weighted by molar-refractivity contribution is 0.581. The molecule has 0 aliphatic rings. The Hall–Kier alpha value is -1.19. The summed E-state index contributed by atoms with van der Waals surface area (Å²) in [5.74, 6) is 5.42. The van der Waals surface area contributed by atoms with E-state index in [4.69, 9.17) is 17.4 Å². The molecule has 0 amide bonds. The Labute approximate surface area is 132 Å². The largest absolute Gasteiger partial charge is 0.307 e. The number of thiophene rings is 1. The summed E-state index contributed by atoms with van der Waals surface area (Å²) in [7, 11) is -3.67. The first-order valence-corrected chi connectivity index (χ1v) is 8.69. The number of halogens is 1. The number of nitrogens with one attached hydrogen (secondary N) is 2. The molecule has 0 atom stereocenters. The number of nitrogens with two attached hydrogens (primary N) is 1. The summed E-state index contributed by atoms with van der Waals surface area (Å²) in [6.07, 6.45) is 1.20. The van der Waals surface area contributed by atoms with Crippen LogP contribution in [-0.2, 0) is 16.6 Å². The minimum Gasteiger partial charge on any atom is -0.307 e. The van der Waals surface area contributed by atoms with Crippen molar-refractivity contribution in [2.75, 3.05) is 5.43 Å². The Bertz CT molecular complexity index is 739. The van der Waals surface area contributed by atoms with E-state index in [1.165, 1.54) is 17.1 Å². The molecule has 0 spiro atoms.